The van der Waals surface area contributed by atoms with Crippen LogP contribution in [-0.2, 0) is 14.3 Å². The Bertz CT molecular complexity index is 1320. The summed E-state index contributed by atoms with van der Waals surface area (Å²) in [6.07, 6.45) is 71.2. The molecule has 1 aliphatic heterocycles. The first-order valence-electron chi connectivity index (χ1n) is 34.2. The van der Waals surface area contributed by atoms with E-state index in [-0.39, 0.29) is 12.5 Å². The molecule has 0 aromatic rings. The Morgan fingerprint density at radius 1 is 0.436 bits per heavy atom. The quantitative estimate of drug-likeness (QED) is 0.0261. The first-order valence-corrected chi connectivity index (χ1v) is 34.2. The zero-order valence-corrected chi connectivity index (χ0v) is 51.4. The Morgan fingerprint density at radius 3 is 1.10 bits per heavy atom. The van der Waals surface area contributed by atoms with Crippen molar-refractivity contribution in [2.75, 3.05) is 13.2 Å². The highest BCUT2D eigenvalue weighted by Crippen LogP contribution is 2.23. The number of nitrogens with one attached hydrogen (secondary N) is 1. The molecule has 0 spiro atoms. The van der Waals surface area contributed by atoms with Crippen molar-refractivity contribution >= 4 is 5.91 Å². The summed E-state index contributed by atoms with van der Waals surface area (Å²) < 4.78 is 11.3. The lowest BCUT2D eigenvalue weighted by atomic mass is 9.99. The molecule has 6 N–H and O–H groups in total. The minimum absolute atomic E-state index is 0.172. The van der Waals surface area contributed by atoms with Crippen LogP contribution in [0.1, 0.15) is 341 Å². The average Bonchev–Trinajstić information content (AvgIpc) is 3.45. The number of amides is 1. The van der Waals surface area contributed by atoms with E-state index in [1.807, 2.05) is 6.08 Å². The van der Waals surface area contributed by atoms with Crippen LogP contribution in [0, 0.1) is 0 Å². The Labute approximate surface area is 482 Å². The molecule has 78 heavy (non-hydrogen) atoms. The number of hydrogen-bond donors (Lipinski definition) is 6. The van der Waals surface area contributed by atoms with Crippen LogP contribution in [0.5, 0.6) is 0 Å². The van der Waals surface area contributed by atoms with Gasteiger partial charge in [-0.1, -0.05) is 320 Å². The zero-order chi connectivity index (χ0) is 56.5. The predicted molar refractivity (Wildman–Crippen MR) is 332 cm³/mol. The lowest BCUT2D eigenvalue weighted by Gasteiger charge is -2.40. The summed E-state index contributed by atoms with van der Waals surface area (Å²) in [4.78, 5) is 13.1. The monoisotopic (exact) mass is 1100 g/mol. The molecule has 0 saturated carbocycles. The standard InChI is InChI=1S/C69H131NO8/c1-3-5-7-9-11-13-15-17-19-21-22-23-24-25-26-27-28-29-30-31-32-33-34-35-36-37-38-39-40-41-42-43-45-47-49-51-53-55-57-59-65(73)70-62(61-77-69-68(76)67(75)66(74)64(60-71)78-69)63(72)58-56-54-52-50-48-46-44-20-18-16-14-12-10-8-6-4-2/h28-29,31-32,56,58,62-64,66-69,71-72,74-76H,3-27,30,33-55,57,59-61H2,1-2H3,(H,70,73)/b29-28-,32-31-,58-56+. The molecular weight excluding hydrogens is 971 g/mol. The molecular formula is C69H131NO8. The van der Waals surface area contributed by atoms with Gasteiger partial charge in [0, 0.05) is 6.42 Å². The SMILES string of the molecule is CCCCCCCCCCCCCCCC/C=C/C(O)C(COC1OC(CO)C(O)C(O)C1O)NC(=O)CCCCCCCCCCCCCCCCCCC/C=C\C/C=C\CCCCCCCCCCCCCCCCC. The Morgan fingerprint density at radius 2 is 0.756 bits per heavy atom. The van der Waals surface area contributed by atoms with Crippen LogP contribution >= 0.6 is 0 Å². The maximum atomic E-state index is 13.1. The fraction of sp³-hybridized carbons (Fsp3) is 0.899. The minimum Gasteiger partial charge on any atom is -0.394 e. The first-order chi connectivity index (χ1) is 38.3. The molecule has 9 nitrogen and oxygen atoms in total. The second kappa shape index (κ2) is 58.6. The van der Waals surface area contributed by atoms with E-state index in [0.717, 1.165) is 44.9 Å². The molecule has 1 aliphatic rings. The fourth-order valence-corrected chi connectivity index (χ4v) is 11.1. The zero-order valence-electron chi connectivity index (χ0n) is 51.4. The van der Waals surface area contributed by atoms with Gasteiger partial charge in [-0.3, -0.25) is 4.79 Å². The highest BCUT2D eigenvalue weighted by atomic mass is 16.7. The van der Waals surface area contributed by atoms with E-state index in [4.69, 9.17) is 9.47 Å². The third-order valence-corrected chi connectivity index (χ3v) is 16.5. The molecule has 1 amide bonds. The summed E-state index contributed by atoms with van der Waals surface area (Å²) in [6, 6.07) is -0.804. The second-order valence-electron chi connectivity index (χ2n) is 24.0. The Kier molecular flexibility index (Phi) is 55.9. The summed E-state index contributed by atoms with van der Waals surface area (Å²) in [6.45, 7) is 3.82. The number of carbonyl (C=O) groups is 1. The topological polar surface area (TPSA) is 149 Å². The molecule has 460 valence electrons. The molecule has 1 saturated heterocycles. The number of allylic oxidation sites excluding steroid dienone is 5. The van der Waals surface area contributed by atoms with Crippen molar-refractivity contribution in [3.05, 3.63) is 36.5 Å². The smallest absolute Gasteiger partial charge is 0.220 e. The highest BCUT2D eigenvalue weighted by molar-refractivity contribution is 5.76. The molecule has 0 radical (unpaired) electrons. The lowest BCUT2D eigenvalue weighted by molar-refractivity contribution is -0.302. The Hall–Kier alpha value is -1.59. The largest absolute Gasteiger partial charge is 0.394 e. The summed E-state index contributed by atoms with van der Waals surface area (Å²) in [5.74, 6) is -0.172. The van der Waals surface area contributed by atoms with Crippen LogP contribution in [0.15, 0.2) is 36.5 Å². The van der Waals surface area contributed by atoms with Crippen molar-refractivity contribution in [3.63, 3.8) is 0 Å². The number of ether oxygens (including phenoxy) is 2. The molecule has 0 aromatic heterocycles. The van der Waals surface area contributed by atoms with E-state index in [0.29, 0.717) is 6.42 Å². The van der Waals surface area contributed by atoms with Gasteiger partial charge in [0.15, 0.2) is 6.29 Å². The number of rotatable bonds is 60. The van der Waals surface area contributed by atoms with Crippen molar-refractivity contribution in [1.29, 1.82) is 0 Å². The van der Waals surface area contributed by atoms with Gasteiger partial charge in [0.25, 0.3) is 0 Å². The lowest BCUT2D eigenvalue weighted by Crippen LogP contribution is -2.60. The van der Waals surface area contributed by atoms with E-state index >= 15 is 0 Å². The predicted octanol–water partition coefficient (Wildman–Crippen LogP) is 18.3. The summed E-state index contributed by atoms with van der Waals surface area (Å²) in [5, 5.41) is 54.6. The maximum absolute atomic E-state index is 13.1. The molecule has 7 unspecified atom stereocenters. The number of hydrogen-bond acceptors (Lipinski definition) is 8. The van der Waals surface area contributed by atoms with Gasteiger partial charge >= 0.3 is 0 Å². The van der Waals surface area contributed by atoms with Crippen molar-refractivity contribution in [1.82, 2.24) is 5.32 Å². The van der Waals surface area contributed by atoms with E-state index in [9.17, 15) is 30.3 Å². The number of aliphatic hydroxyl groups is 5. The Balaban J connectivity index is 2.05. The number of aliphatic hydroxyl groups excluding tert-OH is 5. The van der Waals surface area contributed by atoms with E-state index in [1.165, 1.54) is 276 Å². The van der Waals surface area contributed by atoms with Crippen molar-refractivity contribution in [3.8, 4) is 0 Å². The third kappa shape index (κ3) is 47.0. The average molecular weight is 1100 g/mol. The van der Waals surface area contributed by atoms with Gasteiger partial charge in [0.2, 0.25) is 5.91 Å². The van der Waals surface area contributed by atoms with Gasteiger partial charge in [0.05, 0.1) is 25.4 Å². The molecule has 1 fully saturated rings. The summed E-state index contributed by atoms with van der Waals surface area (Å²) in [5.41, 5.74) is 0. The van der Waals surface area contributed by atoms with Crippen LogP contribution in [0.2, 0.25) is 0 Å². The normalized spacial score (nSPS) is 18.8. The minimum atomic E-state index is -1.57. The fourth-order valence-electron chi connectivity index (χ4n) is 11.1. The molecule has 7 atom stereocenters. The van der Waals surface area contributed by atoms with Gasteiger partial charge < -0.3 is 40.3 Å². The molecule has 1 rings (SSSR count). The van der Waals surface area contributed by atoms with Gasteiger partial charge in [0.1, 0.15) is 24.4 Å². The molecule has 9 heteroatoms. The van der Waals surface area contributed by atoms with E-state index in [2.05, 4.69) is 43.5 Å². The molecule has 0 aliphatic carbocycles. The van der Waals surface area contributed by atoms with Crippen molar-refractivity contribution < 1.29 is 39.8 Å². The number of carbonyl (C=O) groups excluding carboxylic acids is 1. The van der Waals surface area contributed by atoms with Crippen LogP contribution in [-0.4, -0.2) is 87.5 Å². The van der Waals surface area contributed by atoms with Crippen LogP contribution in [0.4, 0.5) is 0 Å². The summed E-state index contributed by atoms with van der Waals surface area (Å²) >= 11 is 0. The highest BCUT2D eigenvalue weighted by Gasteiger charge is 2.44. The van der Waals surface area contributed by atoms with Gasteiger partial charge in [-0.2, -0.15) is 0 Å². The molecule has 0 bridgehead atoms. The summed E-state index contributed by atoms with van der Waals surface area (Å²) in [7, 11) is 0. The third-order valence-electron chi connectivity index (χ3n) is 16.5. The van der Waals surface area contributed by atoms with Gasteiger partial charge in [-0.25, -0.2) is 0 Å². The first kappa shape index (κ1) is 74.4. The van der Waals surface area contributed by atoms with Crippen LogP contribution < -0.4 is 5.32 Å². The van der Waals surface area contributed by atoms with E-state index < -0.39 is 49.5 Å². The van der Waals surface area contributed by atoms with Crippen LogP contribution in [0.25, 0.3) is 0 Å². The number of unbranched alkanes of at least 4 members (excludes halogenated alkanes) is 46. The molecule has 0 aromatic carbocycles. The van der Waals surface area contributed by atoms with Crippen molar-refractivity contribution in [2.45, 2.75) is 384 Å². The van der Waals surface area contributed by atoms with E-state index in [1.54, 1.807) is 6.08 Å². The second-order valence-corrected chi connectivity index (χ2v) is 24.0. The van der Waals surface area contributed by atoms with Gasteiger partial charge in [-0.15, -0.1) is 0 Å². The maximum Gasteiger partial charge on any atom is 0.220 e. The van der Waals surface area contributed by atoms with Crippen LogP contribution in [0.3, 0.4) is 0 Å². The van der Waals surface area contributed by atoms with Crippen molar-refractivity contribution in [2.24, 2.45) is 0 Å². The molecule has 1 heterocycles. The van der Waals surface area contributed by atoms with Gasteiger partial charge in [-0.05, 0) is 51.4 Å².